The summed E-state index contributed by atoms with van der Waals surface area (Å²) >= 11 is 0. The Morgan fingerprint density at radius 1 is 0.458 bits per heavy atom. The molecule has 0 aliphatic carbocycles. The molecular weight excluding hydrogens is 493 g/mol. The molecule has 0 atom stereocenters. The van der Waals surface area contributed by atoms with Gasteiger partial charge in [-0.25, -0.2) is 0 Å². The smallest absolute Gasteiger partial charge is 0.814 e. The van der Waals surface area contributed by atoms with Gasteiger partial charge in [-0.05, 0) is 0 Å². The van der Waals surface area contributed by atoms with Gasteiger partial charge < -0.3 is 35.6 Å². The van der Waals surface area contributed by atoms with E-state index in [1.54, 1.807) is 0 Å². The van der Waals surface area contributed by atoms with Crippen LogP contribution < -0.4 is 225 Å². The van der Waals surface area contributed by atoms with E-state index in [1.807, 2.05) is 0 Å². The van der Waals surface area contributed by atoms with E-state index in [4.69, 9.17) is 16.5 Å². The van der Waals surface area contributed by atoms with Crippen LogP contribution >= 0.6 is 0 Å². The Balaban J connectivity index is -0.000000500. The first-order valence-corrected chi connectivity index (χ1v) is 12.4. The maximum Gasteiger partial charge on any atom is 1.00 e. The summed E-state index contributed by atoms with van der Waals surface area (Å²) in [6.45, 7) is 12.7. The second kappa shape index (κ2) is 15.8. The predicted octanol–water partition coefficient (Wildman–Crippen LogP) is -15.8. The monoisotopic (exact) mass is 504 g/mol. The van der Waals surface area contributed by atoms with E-state index >= 15 is 0 Å². The Hall–Kier alpha value is 6.05. The second-order valence-electron chi connectivity index (χ2n) is 3.64. The largest absolute Gasteiger partial charge is 1.00 e. The molecule has 0 saturated carbocycles. The van der Waals surface area contributed by atoms with Gasteiger partial charge in [-0.3, -0.25) is 0 Å². The maximum absolute atomic E-state index is 12.2. The molecule has 24 heavy (non-hydrogen) atoms. The summed E-state index contributed by atoms with van der Waals surface area (Å²) in [6, 6.07) is 0. The van der Waals surface area contributed by atoms with Crippen molar-refractivity contribution in [3.05, 3.63) is 49.1 Å². The molecule has 16 heteroatoms. The molecule has 1 aliphatic rings. The fraction of sp³-hybridized carbons (Fsp3) is 0. The molecule has 0 unspecified atom stereocenters. The number of rotatable bonds is 4. The van der Waals surface area contributed by atoms with Crippen LogP contribution in [0, 0.1) is 0 Å². The third-order valence-electron chi connectivity index (χ3n) is 2.14. The molecule has 1 heterocycles. The molecule has 0 aromatic heterocycles. The summed E-state index contributed by atoms with van der Waals surface area (Å²) in [5, 5.41) is 0. The van der Waals surface area contributed by atoms with Crippen molar-refractivity contribution in [1.29, 1.82) is 0 Å². The molecule has 0 radical (unpaired) electrons. The molecule has 0 bridgehead atoms. The van der Waals surface area contributed by atoms with Gasteiger partial charge in [0.25, 0.3) is 35.2 Å². The Morgan fingerprint density at radius 3 is 0.667 bits per heavy atom. The second-order valence-corrected chi connectivity index (χ2v) is 13.4. The quantitative estimate of drug-likeness (QED) is 0.345. The molecule has 1 fully saturated rings. The first-order chi connectivity index (χ1) is 9.07. The van der Waals surface area contributed by atoms with Crippen molar-refractivity contribution in [3.63, 3.8) is 0 Å². The molecule has 8 nitrogen and oxygen atoms in total. The number of hydrogen-bond acceptors (Lipinski definition) is 8. The van der Waals surface area contributed by atoms with E-state index < -0.39 is 35.2 Å². The van der Waals surface area contributed by atoms with Crippen LogP contribution in [-0.4, -0.2) is 35.2 Å². The van der Waals surface area contributed by atoms with Gasteiger partial charge in [0.05, 0.1) is 0 Å². The van der Waals surface area contributed by atoms with Gasteiger partial charge >= 0.3 is 206 Å². The summed E-state index contributed by atoms with van der Waals surface area (Å²) in [4.78, 5) is 48.8. The Labute approximate surface area is 316 Å². The van der Waals surface area contributed by atoms with E-state index in [9.17, 15) is 19.2 Å². The van der Waals surface area contributed by atoms with Crippen molar-refractivity contribution in [2.75, 3.05) is 0 Å². The van der Waals surface area contributed by atoms with Crippen LogP contribution in [0.15, 0.2) is 49.1 Å². The van der Waals surface area contributed by atoms with Crippen LogP contribution in [-0.2, 0) is 16.5 Å². The van der Waals surface area contributed by atoms with Crippen molar-refractivity contribution in [2.24, 2.45) is 0 Å². The Morgan fingerprint density at radius 2 is 0.583 bits per heavy atom. The van der Waals surface area contributed by atoms with E-state index in [1.165, 1.54) is 0 Å². The summed E-state index contributed by atoms with van der Waals surface area (Å²) in [5.74, 6) is 0. The molecule has 112 valence electrons. The van der Waals surface area contributed by atoms with Crippen LogP contribution in [0.4, 0.5) is 0 Å². The zero-order chi connectivity index (χ0) is 15.7. The van der Waals surface area contributed by atoms with Gasteiger partial charge in [-0.15, -0.1) is 26.3 Å². The Bertz CT molecular complexity index is 368. The molecule has 0 aromatic rings. The Kier molecular flexibility index (Phi) is 24.6. The molecular formula is C8H12K4O8Si4. The van der Waals surface area contributed by atoms with E-state index in [-0.39, 0.29) is 206 Å². The minimum atomic E-state index is -4.61. The first kappa shape index (κ1) is 37.4. The van der Waals surface area contributed by atoms with Crippen molar-refractivity contribution >= 4 is 35.2 Å². The zero-order valence-corrected chi connectivity index (χ0v) is 30.9. The predicted molar refractivity (Wildman–Crippen MR) is 68.1 cm³/mol. The molecule has 1 aliphatic heterocycles. The maximum atomic E-state index is 12.2. The summed E-state index contributed by atoms with van der Waals surface area (Å²) < 4.78 is 19.0. The summed E-state index contributed by atoms with van der Waals surface area (Å²) in [6.07, 6.45) is 0. The molecule has 0 amide bonds. The molecule has 1 saturated heterocycles. The molecule has 1 rings (SSSR count). The summed E-state index contributed by atoms with van der Waals surface area (Å²) in [5.41, 5.74) is 2.77. The van der Waals surface area contributed by atoms with E-state index in [2.05, 4.69) is 26.3 Å². The van der Waals surface area contributed by atoms with Crippen molar-refractivity contribution in [1.82, 2.24) is 0 Å². The average molecular weight is 505 g/mol. The minimum Gasteiger partial charge on any atom is -0.814 e. The normalized spacial score (nSPS) is 38.2. The van der Waals surface area contributed by atoms with Gasteiger partial charge in [0.2, 0.25) is 0 Å². The fourth-order valence-corrected chi connectivity index (χ4v) is 12.4. The molecule has 0 N–H and O–H groups in total. The first-order valence-electron chi connectivity index (χ1n) is 5.24. The SMILES string of the molecule is C=C[Si]1([O-])O[Si]([O-])(C=C)O[Si]([O-])(C=C)O[Si]([O-])(C=C)O1.[K+].[K+].[K+].[K+]. The van der Waals surface area contributed by atoms with Crippen LogP contribution in [0.5, 0.6) is 0 Å². The number of hydrogen-bond donors (Lipinski definition) is 0. The van der Waals surface area contributed by atoms with Crippen LogP contribution in [0.1, 0.15) is 0 Å². The van der Waals surface area contributed by atoms with Gasteiger partial charge in [-0.1, -0.05) is 22.8 Å². The molecule has 0 aromatic carbocycles. The topological polar surface area (TPSA) is 129 Å². The average Bonchev–Trinajstić information content (AvgIpc) is 2.36. The fourth-order valence-electron chi connectivity index (χ4n) is 1.21. The van der Waals surface area contributed by atoms with Crippen molar-refractivity contribution in [3.8, 4) is 0 Å². The standard InChI is InChI=1S/C8H12O8Si4.4K/c1-5-17(9)13-18(10,6-2)15-20(12,8-4)16-19(11,7-3)14-17;;;;/h5-8H,1-4H2;;;;/q-4;4*+1. The summed E-state index contributed by atoms with van der Waals surface area (Å²) in [7, 11) is -18.4. The van der Waals surface area contributed by atoms with Crippen LogP contribution in [0.3, 0.4) is 0 Å². The van der Waals surface area contributed by atoms with E-state index in [0.717, 1.165) is 0 Å². The van der Waals surface area contributed by atoms with Crippen molar-refractivity contribution in [2.45, 2.75) is 0 Å². The zero-order valence-electron chi connectivity index (χ0n) is 14.4. The molecule has 0 spiro atoms. The third-order valence-corrected chi connectivity index (χ3v) is 13.2. The van der Waals surface area contributed by atoms with Gasteiger partial charge in [0.15, 0.2) is 0 Å². The van der Waals surface area contributed by atoms with E-state index in [0.29, 0.717) is 22.8 Å². The minimum absolute atomic E-state index is 0. The van der Waals surface area contributed by atoms with Crippen LogP contribution in [0.2, 0.25) is 0 Å². The van der Waals surface area contributed by atoms with Crippen LogP contribution in [0.25, 0.3) is 0 Å². The van der Waals surface area contributed by atoms with Gasteiger partial charge in [0, 0.05) is 0 Å². The van der Waals surface area contributed by atoms with Gasteiger partial charge in [-0.2, -0.15) is 0 Å². The van der Waals surface area contributed by atoms with Crippen molar-refractivity contribution < 1.29 is 241 Å². The van der Waals surface area contributed by atoms with Gasteiger partial charge in [0.1, 0.15) is 0 Å². The third kappa shape index (κ3) is 11.6.